The number of carbonyl (C=O) groups is 1. The molecule has 0 aliphatic carbocycles. The van der Waals surface area contributed by atoms with Crippen molar-refractivity contribution in [3.05, 3.63) is 64.6 Å². The first-order valence-corrected chi connectivity index (χ1v) is 7.34. The third-order valence-corrected chi connectivity index (χ3v) is 3.97. The third-order valence-electron chi connectivity index (χ3n) is 3.68. The smallest absolute Gasteiger partial charge is 0.287 e. The molecule has 0 spiro atoms. The van der Waals surface area contributed by atoms with Crippen LogP contribution in [0.15, 0.2) is 47.1 Å². The number of aryl methyl sites for hydroxylation is 1. The number of furan rings is 1. The lowest BCUT2D eigenvalue weighted by Gasteiger charge is -2.13. The molecule has 112 valence electrons. The first-order chi connectivity index (χ1) is 10.6. The second kappa shape index (κ2) is 5.81. The Kier molecular flexibility index (Phi) is 3.86. The maximum Gasteiger partial charge on any atom is 0.287 e. The van der Waals surface area contributed by atoms with Crippen LogP contribution in [0, 0.1) is 6.92 Å². The van der Waals surface area contributed by atoms with Crippen molar-refractivity contribution in [1.82, 2.24) is 10.3 Å². The minimum Gasteiger partial charge on any atom is -0.449 e. The van der Waals surface area contributed by atoms with E-state index in [4.69, 9.17) is 16.0 Å². The summed E-state index contributed by atoms with van der Waals surface area (Å²) in [4.78, 5) is 16.4. The highest BCUT2D eigenvalue weighted by atomic mass is 35.5. The van der Waals surface area contributed by atoms with Gasteiger partial charge >= 0.3 is 0 Å². The fourth-order valence-electron chi connectivity index (χ4n) is 2.42. The molecule has 3 rings (SSSR count). The summed E-state index contributed by atoms with van der Waals surface area (Å²) in [5, 5.41) is 4.29. The van der Waals surface area contributed by atoms with Crippen LogP contribution in [0.2, 0.25) is 5.02 Å². The second-order valence-corrected chi connectivity index (χ2v) is 5.56. The third kappa shape index (κ3) is 2.57. The average Bonchev–Trinajstić information content (AvgIpc) is 2.87. The quantitative estimate of drug-likeness (QED) is 0.785. The van der Waals surface area contributed by atoms with Gasteiger partial charge in [0.1, 0.15) is 0 Å². The van der Waals surface area contributed by atoms with Gasteiger partial charge in [-0.05, 0) is 37.6 Å². The number of halogens is 1. The number of amides is 1. The molecule has 4 nitrogen and oxygen atoms in total. The summed E-state index contributed by atoms with van der Waals surface area (Å²) in [5.41, 5.74) is 2.32. The maximum absolute atomic E-state index is 12.5. The van der Waals surface area contributed by atoms with Crippen molar-refractivity contribution < 1.29 is 9.21 Å². The van der Waals surface area contributed by atoms with Gasteiger partial charge in [-0.1, -0.05) is 23.7 Å². The minimum atomic E-state index is -0.255. The van der Waals surface area contributed by atoms with Gasteiger partial charge in [-0.3, -0.25) is 9.78 Å². The molecule has 5 heteroatoms. The molecule has 0 aliphatic heterocycles. The summed E-state index contributed by atoms with van der Waals surface area (Å²) in [6.45, 7) is 3.77. The summed E-state index contributed by atoms with van der Waals surface area (Å²) < 4.78 is 5.67. The number of hydrogen-bond acceptors (Lipinski definition) is 3. The Morgan fingerprint density at radius 1 is 1.27 bits per heavy atom. The Morgan fingerprint density at radius 3 is 2.68 bits per heavy atom. The normalized spacial score (nSPS) is 12.3. The molecular formula is C17H15ClN2O2. The predicted octanol–water partition coefficient (Wildman–Crippen LogP) is 4.28. The van der Waals surface area contributed by atoms with Crippen molar-refractivity contribution in [1.29, 1.82) is 0 Å². The summed E-state index contributed by atoms with van der Waals surface area (Å²) in [7, 11) is 0. The molecule has 0 saturated heterocycles. The molecule has 0 aliphatic rings. The number of aromatic nitrogens is 1. The summed E-state index contributed by atoms with van der Waals surface area (Å²) in [6, 6.07) is 9.07. The SMILES string of the molecule is Cc1c(C(=O)NC(C)c2ccncc2)oc2c(Cl)cccc12. The number of hydrogen-bond donors (Lipinski definition) is 1. The van der Waals surface area contributed by atoms with Crippen molar-refractivity contribution >= 4 is 28.5 Å². The summed E-state index contributed by atoms with van der Waals surface area (Å²) in [5.74, 6) is 0.0399. The van der Waals surface area contributed by atoms with Crippen LogP contribution in [0.25, 0.3) is 11.0 Å². The van der Waals surface area contributed by atoms with E-state index in [0.717, 1.165) is 16.5 Å². The fraction of sp³-hybridized carbons (Fsp3) is 0.176. The zero-order valence-electron chi connectivity index (χ0n) is 12.3. The molecule has 0 fully saturated rings. The topological polar surface area (TPSA) is 55.1 Å². The molecule has 2 aromatic heterocycles. The molecule has 0 bridgehead atoms. The number of rotatable bonds is 3. The molecule has 1 unspecified atom stereocenters. The van der Waals surface area contributed by atoms with Crippen molar-refractivity contribution in [3.8, 4) is 0 Å². The molecule has 22 heavy (non-hydrogen) atoms. The van der Waals surface area contributed by atoms with Crippen LogP contribution >= 0.6 is 11.6 Å². The molecule has 3 aromatic rings. The van der Waals surface area contributed by atoms with E-state index in [0.29, 0.717) is 16.4 Å². The highest BCUT2D eigenvalue weighted by molar-refractivity contribution is 6.35. The van der Waals surface area contributed by atoms with E-state index in [2.05, 4.69) is 10.3 Å². The van der Waals surface area contributed by atoms with Crippen LogP contribution in [-0.4, -0.2) is 10.9 Å². The highest BCUT2D eigenvalue weighted by Crippen LogP contribution is 2.30. The molecule has 0 saturated carbocycles. The Balaban J connectivity index is 1.90. The van der Waals surface area contributed by atoms with E-state index in [1.54, 1.807) is 18.5 Å². The van der Waals surface area contributed by atoms with Gasteiger partial charge in [-0.15, -0.1) is 0 Å². The van der Waals surface area contributed by atoms with Crippen LogP contribution in [0.5, 0.6) is 0 Å². The van der Waals surface area contributed by atoms with Gasteiger partial charge in [0.2, 0.25) is 0 Å². The number of pyridine rings is 1. The lowest BCUT2D eigenvalue weighted by atomic mass is 10.1. The summed E-state index contributed by atoms with van der Waals surface area (Å²) >= 11 is 6.12. The van der Waals surface area contributed by atoms with E-state index in [1.807, 2.05) is 38.1 Å². The molecule has 0 radical (unpaired) electrons. The number of nitrogens with one attached hydrogen (secondary N) is 1. The standard InChI is InChI=1S/C17H15ClN2O2/c1-10-13-4-3-5-14(18)16(13)22-15(10)17(21)20-11(2)12-6-8-19-9-7-12/h3-9,11H,1-2H3,(H,20,21). The number of benzene rings is 1. The molecule has 1 N–H and O–H groups in total. The number of fused-ring (bicyclic) bond motifs is 1. The first-order valence-electron chi connectivity index (χ1n) is 6.96. The number of nitrogens with zero attached hydrogens (tertiary/aromatic N) is 1. The van der Waals surface area contributed by atoms with Crippen LogP contribution in [0.4, 0.5) is 0 Å². The van der Waals surface area contributed by atoms with Gasteiger partial charge in [0.25, 0.3) is 5.91 Å². The molecule has 2 heterocycles. The Labute approximate surface area is 133 Å². The van der Waals surface area contributed by atoms with E-state index in [1.165, 1.54) is 0 Å². The van der Waals surface area contributed by atoms with E-state index >= 15 is 0 Å². The largest absolute Gasteiger partial charge is 0.449 e. The van der Waals surface area contributed by atoms with Crippen molar-refractivity contribution in [2.45, 2.75) is 19.9 Å². The molecule has 1 aromatic carbocycles. The molecule has 1 atom stereocenters. The predicted molar refractivity (Wildman–Crippen MR) is 86.1 cm³/mol. The van der Waals surface area contributed by atoms with Gasteiger partial charge in [0, 0.05) is 23.3 Å². The van der Waals surface area contributed by atoms with Gasteiger partial charge in [0.15, 0.2) is 11.3 Å². The van der Waals surface area contributed by atoms with Crippen molar-refractivity contribution in [2.24, 2.45) is 0 Å². The van der Waals surface area contributed by atoms with Crippen molar-refractivity contribution in [2.75, 3.05) is 0 Å². The van der Waals surface area contributed by atoms with Gasteiger partial charge in [0.05, 0.1) is 11.1 Å². The summed E-state index contributed by atoms with van der Waals surface area (Å²) in [6.07, 6.45) is 3.40. The first kappa shape index (κ1) is 14.6. The lowest BCUT2D eigenvalue weighted by molar-refractivity contribution is 0.0913. The number of para-hydroxylation sites is 1. The Bertz CT molecular complexity index is 827. The Morgan fingerprint density at radius 2 is 2.00 bits per heavy atom. The van der Waals surface area contributed by atoms with E-state index in [9.17, 15) is 4.79 Å². The van der Waals surface area contributed by atoms with Crippen LogP contribution in [0.1, 0.15) is 34.6 Å². The van der Waals surface area contributed by atoms with Gasteiger partial charge in [-0.25, -0.2) is 0 Å². The van der Waals surface area contributed by atoms with Crippen LogP contribution in [0.3, 0.4) is 0 Å². The van der Waals surface area contributed by atoms with E-state index < -0.39 is 0 Å². The number of carbonyl (C=O) groups excluding carboxylic acids is 1. The lowest BCUT2D eigenvalue weighted by Crippen LogP contribution is -2.26. The Hall–Kier alpha value is -2.33. The van der Waals surface area contributed by atoms with Gasteiger partial charge < -0.3 is 9.73 Å². The molecular weight excluding hydrogens is 300 g/mol. The van der Waals surface area contributed by atoms with Crippen LogP contribution in [-0.2, 0) is 0 Å². The molecule has 1 amide bonds. The second-order valence-electron chi connectivity index (χ2n) is 5.15. The van der Waals surface area contributed by atoms with Crippen LogP contribution < -0.4 is 5.32 Å². The monoisotopic (exact) mass is 314 g/mol. The van der Waals surface area contributed by atoms with E-state index in [-0.39, 0.29) is 11.9 Å². The van der Waals surface area contributed by atoms with Crippen molar-refractivity contribution in [3.63, 3.8) is 0 Å². The zero-order valence-corrected chi connectivity index (χ0v) is 13.0. The van der Waals surface area contributed by atoms with Gasteiger partial charge in [-0.2, -0.15) is 0 Å². The zero-order chi connectivity index (χ0) is 15.7. The maximum atomic E-state index is 12.5. The highest BCUT2D eigenvalue weighted by Gasteiger charge is 2.20. The minimum absolute atomic E-state index is 0.140. The average molecular weight is 315 g/mol. The fourth-order valence-corrected chi connectivity index (χ4v) is 2.64.